The number of aromatic nitrogens is 2. The SMILES string of the molecule is C[C@H](OC(=O)c1cc(-c2ccccc2)nc2nc(N3CCCCC3)sc12)C(N)=O. The summed E-state index contributed by atoms with van der Waals surface area (Å²) in [7, 11) is 0. The van der Waals surface area contributed by atoms with Gasteiger partial charge < -0.3 is 15.4 Å². The van der Waals surface area contributed by atoms with Crippen molar-refractivity contribution >= 4 is 38.7 Å². The fraction of sp³-hybridized carbons (Fsp3) is 0.333. The first-order chi connectivity index (χ1) is 14.0. The lowest BCUT2D eigenvalue weighted by Crippen LogP contribution is -2.30. The predicted octanol–water partition coefficient (Wildman–Crippen LogP) is 3.38. The fourth-order valence-corrected chi connectivity index (χ4v) is 4.37. The number of benzene rings is 1. The molecule has 7 nitrogen and oxygen atoms in total. The number of nitrogens with zero attached hydrogens (tertiary/aromatic N) is 3. The minimum atomic E-state index is -1.01. The zero-order valence-electron chi connectivity index (χ0n) is 16.1. The Morgan fingerprint density at radius 1 is 1.14 bits per heavy atom. The van der Waals surface area contributed by atoms with E-state index in [1.54, 1.807) is 6.07 Å². The second kappa shape index (κ2) is 8.16. The van der Waals surface area contributed by atoms with E-state index in [0.717, 1.165) is 36.6 Å². The summed E-state index contributed by atoms with van der Waals surface area (Å²) in [4.78, 5) is 35.8. The van der Waals surface area contributed by atoms with Crippen LogP contribution in [0.5, 0.6) is 0 Å². The lowest BCUT2D eigenvalue weighted by molar-refractivity contribution is -0.125. The molecule has 4 rings (SSSR count). The Balaban J connectivity index is 1.80. The van der Waals surface area contributed by atoms with Crippen LogP contribution in [-0.4, -0.2) is 41.0 Å². The van der Waals surface area contributed by atoms with Gasteiger partial charge in [-0.3, -0.25) is 4.79 Å². The Morgan fingerprint density at radius 3 is 2.55 bits per heavy atom. The second-order valence-electron chi connectivity index (χ2n) is 7.07. The lowest BCUT2D eigenvalue weighted by Gasteiger charge is -2.25. The van der Waals surface area contributed by atoms with Crippen LogP contribution < -0.4 is 10.6 Å². The molecule has 1 aliphatic heterocycles. The van der Waals surface area contributed by atoms with Gasteiger partial charge in [-0.15, -0.1) is 0 Å². The largest absolute Gasteiger partial charge is 0.449 e. The van der Waals surface area contributed by atoms with E-state index in [4.69, 9.17) is 20.4 Å². The number of rotatable bonds is 5. The van der Waals surface area contributed by atoms with Gasteiger partial charge in [-0.05, 0) is 32.3 Å². The summed E-state index contributed by atoms with van der Waals surface area (Å²) in [6.07, 6.45) is 2.47. The summed E-state index contributed by atoms with van der Waals surface area (Å²) in [5.74, 6) is -1.29. The smallest absolute Gasteiger partial charge is 0.340 e. The fourth-order valence-electron chi connectivity index (χ4n) is 3.31. The highest BCUT2D eigenvalue weighted by Crippen LogP contribution is 2.34. The lowest BCUT2D eigenvalue weighted by atomic mass is 10.1. The van der Waals surface area contributed by atoms with Gasteiger partial charge in [0.2, 0.25) is 0 Å². The number of carbonyl (C=O) groups excluding carboxylic acids is 2. The molecule has 0 unspecified atom stereocenters. The van der Waals surface area contributed by atoms with E-state index in [1.165, 1.54) is 24.7 Å². The van der Waals surface area contributed by atoms with Crippen LogP contribution in [0.15, 0.2) is 36.4 Å². The molecule has 1 aliphatic rings. The van der Waals surface area contributed by atoms with Gasteiger partial charge in [0.05, 0.1) is 16.0 Å². The molecule has 1 fully saturated rings. The van der Waals surface area contributed by atoms with Crippen molar-refractivity contribution in [1.29, 1.82) is 0 Å². The molecule has 29 heavy (non-hydrogen) atoms. The van der Waals surface area contributed by atoms with Crippen molar-refractivity contribution in [3.8, 4) is 11.3 Å². The Morgan fingerprint density at radius 2 is 1.86 bits per heavy atom. The van der Waals surface area contributed by atoms with E-state index in [9.17, 15) is 9.59 Å². The Bertz CT molecular complexity index is 1040. The number of hydrogen-bond donors (Lipinski definition) is 1. The summed E-state index contributed by atoms with van der Waals surface area (Å²) in [5.41, 5.74) is 7.62. The van der Waals surface area contributed by atoms with Crippen molar-refractivity contribution in [3.05, 3.63) is 42.0 Å². The summed E-state index contributed by atoms with van der Waals surface area (Å²) in [6.45, 7) is 3.36. The molecular formula is C21H22N4O3S. The highest BCUT2D eigenvalue weighted by molar-refractivity contribution is 7.22. The number of esters is 1. The normalized spacial score (nSPS) is 15.3. The molecule has 2 aromatic heterocycles. The van der Waals surface area contributed by atoms with Gasteiger partial charge in [-0.1, -0.05) is 41.7 Å². The first kappa shape index (κ1) is 19.3. The van der Waals surface area contributed by atoms with E-state index in [0.29, 0.717) is 21.6 Å². The molecule has 1 amide bonds. The maximum Gasteiger partial charge on any atom is 0.340 e. The van der Waals surface area contributed by atoms with Crippen molar-refractivity contribution in [1.82, 2.24) is 9.97 Å². The molecule has 0 aliphatic carbocycles. The van der Waals surface area contributed by atoms with E-state index in [1.807, 2.05) is 30.3 Å². The molecule has 8 heteroatoms. The summed E-state index contributed by atoms with van der Waals surface area (Å²) >= 11 is 1.43. The van der Waals surface area contributed by atoms with Crippen LogP contribution in [0.1, 0.15) is 36.5 Å². The number of piperidine rings is 1. The number of fused-ring (bicyclic) bond motifs is 1. The van der Waals surface area contributed by atoms with E-state index in [-0.39, 0.29) is 0 Å². The maximum atomic E-state index is 12.9. The molecule has 150 valence electrons. The molecule has 0 bridgehead atoms. The van der Waals surface area contributed by atoms with Gasteiger partial charge in [0.1, 0.15) is 0 Å². The number of pyridine rings is 1. The third-order valence-electron chi connectivity index (χ3n) is 4.95. The van der Waals surface area contributed by atoms with Crippen LogP contribution in [0.2, 0.25) is 0 Å². The van der Waals surface area contributed by atoms with Crippen molar-refractivity contribution in [2.75, 3.05) is 18.0 Å². The molecule has 2 N–H and O–H groups in total. The molecule has 3 aromatic rings. The number of nitrogens with two attached hydrogens (primary N) is 1. The number of anilines is 1. The molecule has 1 saturated heterocycles. The second-order valence-corrected chi connectivity index (χ2v) is 8.05. The van der Waals surface area contributed by atoms with Gasteiger partial charge in [-0.2, -0.15) is 4.98 Å². The van der Waals surface area contributed by atoms with Gasteiger partial charge >= 0.3 is 5.97 Å². The molecule has 0 saturated carbocycles. The molecule has 0 radical (unpaired) electrons. The van der Waals surface area contributed by atoms with Crippen molar-refractivity contribution in [2.45, 2.75) is 32.3 Å². The topological polar surface area (TPSA) is 98.4 Å². The molecule has 0 spiro atoms. The highest BCUT2D eigenvalue weighted by Gasteiger charge is 2.24. The summed E-state index contributed by atoms with van der Waals surface area (Å²) in [6, 6.07) is 11.3. The van der Waals surface area contributed by atoms with E-state index < -0.39 is 18.0 Å². The number of carbonyl (C=O) groups is 2. The molecular weight excluding hydrogens is 388 g/mol. The average molecular weight is 410 g/mol. The summed E-state index contributed by atoms with van der Waals surface area (Å²) in [5, 5.41) is 0.856. The molecule has 1 aromatic carbocycles. The number of hydrogen-bond acceptors (Lipinski definition) is 7. The third-order valence-corrected chi connectivity index (χ3v) is 6.09. The number of amides is 1. The van der Waals surface area contributed by atoms with Gasteiger partial charge in [0.15, 0.2) is 16.9 Å². The van der Waals surface area contributed by atoms with Crippen molar-refractivity contribution < 1.29 is 14.3 Å². The molecule has 3 heterocycles. The Kier molecular flexibility index (Phi) is 5.44. The zero-order valence-corrected chi connectivity index (χ0v) is 16.9. The summed E-state index contributed by atoms with van der Waals surface area (Å²) < 4.78 is 5.93. The monoisotopic (exact) mass is 410 g/mol. The standard InChI is InChI=1S/C21H22N4O3S/c1-13(18(22)26)28-20(27)15-12-16(14-8-4-2-5-9-14)23-19-17(15)29-21(24-19)25-10-6-3-7-11-25/h2,4-5,8-9,12-13H,3,6-7,10-11H2,1H3,(H2,22,26)/t13-/m0/s1. The van der Waals surface area contributed by atoms with Crippen molar-refractivity contribution in [3.63, 3.8) is 0 Å². The van der Waals surface area contributed by atoms with Crippen LogP contribution in [0.3, 0.4) is 0 Å². The Hall–Kier alpha value is -3.00. The Labute approximate surface area is 172 Å². The van der Waals surface area contributed by atoms with Crippen molar-refractivity contribution in [2.24, 2.45) is 5.73 Å². The third kappa shape index (κ3) is 4.07. The predicted molar refractivity (Wildman–Crippen MR) is 113 cm³/mol. The van der Waals surface area contributed by atoms with Gasteiger partial charge in [0, 0.05) is 18.7 Å². The first-order valence-corrected chi connectivity index (χ1v) is 10.5. The first-order valence-electron chi connectivity index (χ1n) is 9.65. The molecule has 1 atom stereocenters. The van der Waals surface area contributed by atoms with Crippen LogP contribution in [0.25, 0.3) is 21.6 Å². The van der Waals surface area contributed by atoms with Crippen LogP contribution >= 0.6 is 11.3 Å². The minimum absolute atomic E-state index is 0.350. The van der Waals surface area contributed by atoms with E-state index >= 15 is 0 Å². The zero-order chi connectivity index (χ0) is 20.4. The maximum absolute atomic E-state index is 12.9. The number of thiazole rings is 1. The number of ether oxygens (including phenoxy) is 1. The average Bonchev–Trinajstić information content (AvgIpc) is 3.18. The quantitative estimate of drug-likeness (QED) is 0.648. The highest BCUT2D eigenvalue weighted by atomic mass is 32.1. The van der Waals surface area contributed by atoms with Crippen LogP contribution in [0, 0.1) is 0 Å². The van der Waals surface area contributed by atoms with Gasteiger partial charge in [0.25, 0.3) is 5.91 Å². The van der Waals surface area contributed by atoms with Crippen LogP contribution in [-0.2, 0) is 9.53 Å². The van der Waals surface area contributed by atoms with E-state index in [2.05, 4.69) is 4.90 Å². The minimum Gasteiger partial charge on any atom is -0.449 e. The van der Waals surface area contributed by atoms with Crippen LogP contribution in [0.4, 0.5) is 5.13 Å². The number of primary amides is 1. The van der Waals surface area contributed by atoms with Gasteiger partial charge in [-0.25, -0.2) is 9.78 Å².